The Hall–Kier alpha value is -4.15. The molecule has 37 heavy (non-hydrogen) atoms. The van der Waals surface area contributed by atoms with Crippen LogP contribution in [-0.2, 0) is 21.7 Å². The molecule has 0 spiro atoms. The van der Waals surface area contributed by atoms with Crippen LogP contribution in [0.4, 0.5) is 0 Å². The molecule has 2 unspecified atom stereocenters. The molecule has 3 heterocycles. The summed E-state index contributed by atoms with van der Waals surface area (Å²) in [5.74, 6) is -0.911. The smallest absolute Gasteiger partial charge is 0.264 e. The summed E-state index contributed by atoms with van der Waals surface area (Å²) < 4.78 is 1.52. The third-order valence-electron chi connectivity index (χ3n) is 6.49. The van der Waals surface area contributed by atoms with E-state index in [-0.39, 0.29) is 12.5 Å². The van der Waals surface area contributed by atoms with Crippen molar-refractivity contribution >= 4 is 23.4 Å². The van der Waals surface area contributed by atoms with Gasteiger partial charge in [0.1, 0.15) is 12.4 Å². The van der Waals surface area contributed by atoms with Crippen LogP contribution in [0.2, 0.25) is 5.02 Å². The number of aliphatic hydroxyl groups is 1. The topological polar surface area (TPSA) is 126 Å². The van der Waals surface area contributed by atoms with Crippen molar-refractivity contribution in [2.24, 2.45) is 0 Å². The second-order valence-corrected chi connectivity index (χ2v) is 9.16. The molecule has 1 saturated heterocycles. The average Bonchev–Trinajstić information content (AvgIpc) is 3.64. The Labute approximate surface area is 217 Å². The Kier molecular flexibility index (Phi) is 6.93. The lowest BCUT2D eigenvalue weighted by atomic mass is 9.85. The van der Waals surface area contributed by atoms with Crippen LogP contribution in [0.1, 0.15) is 29.5 Å². The van der Waals surface area contributed by atoms with E-state index >= 15 is 0 Å². The number of para-hydroxylation sites is 1. The second-order valence-electron chi connectivity index (χ2n) is 8.72. The van der Waals surface area contributed by atoms with Gasteiger partial charge in [-0.2, -0.15) is 0 Å². The third-order valence-corrected chi connectivity index (χ3v) is 6.72. The van der Waals surface area contributed by atoms with Gasteiger partial charge in [0.25, 0.3) is 5.91 Å². The maximum Gasteiger partial charge on any atom is 0.264 e. The lowest BCUT2D eigenvalue weighted by Crippen LogP contribution is -2.53. The van der Waals surface area contributed by atoms with Crippen LogP contribution in [0, 0.1) is 0 Å². The van der Waals surface area contributed by atoms with Crippen molar-refractivity contribution in [2.45, 2.75) is 31.0 Å². The molecule has 2 atom stereocenters. The number of hydrogen-bond donors (Lipinski definition) is 2. The first kappa shape index (κ1) is 24.5. The number of pyridine rings is 1. The minimum absolute atomic E-state index is 0.217. The number of rotatable bonds is 7. The van der Waals surface area contributed by atoms with Crippen LogP contribution in [0.15, 0.2) is 79.4 Å². The SMILES string of the molecule is O=C(NCc1ccccc1-n1cnnn1)C1CCCN1C(=O)C(O)(c1cccnc1)c1cccc(Cl)c1. The van der Waals surface area contributed by atoms with Gasteiger partial charge in [-0.25, -0.2) is 4.68 Å². The van der Waals surface area contributed by atoms with Gasteiger partial charge >= 0.3 is 0 Å². The maximum absolute atomic E-state index is 14.0. The van der Waals surface area contributed by atoms with Crippen molar-refractivity contribution in [3.05, 3.63) is 101 Å². The van der Waals surface area contributed by atoms with Gasteiger partial charge in [-0.15, -0.1) is 5.10 Å². The van der Waals surface area contributed by atoms with Gasteiger partial charge in [-0.3, -0.25) is 14.6 Å². The van der Waals surface area contributed by atoms with Crippen LogP contribution < -0.4 is 5.32 Å². The lowest BCUT2D eigenvalue weighted by molar-refractivity contribution is -0.152. The number of nitrogens with one attached hydrogen (secondary N) is 1. The van der Waals surface area contributed by atoms with Crippen LogP contribution in [0.25, 0.3) is 5.69 Å². The number of carbonyl (C=O) groups is 2. The molecule has 2 amide bonds. The molecule has 0 bridgehead atoms. The highest BCUT2D eigenvalue weighted by Crippen LogP contribution is 2.35. The molecule has 0 radical (unpaired) electrons. The molecule has 1 fully saturated rings. The molecular formula is C26H24ClN7O3. The highest BCUT2D eigenvalue weighted by Gasteiger charge is 2.47. The number of hydrogen-bond acceptors (Lipinski definition) is 7. The molecule has 0 saturated carbocycles. The number of carbonyl (C=O) groups excluding carboxylic acids is 2. The third kappa shape index (κ3) is 4.81. The van der Waals surface area contributed by atoms with Crippen molar-refractivity contribution in [3.8, 4) is 5.69 Å². The number of amides is 2. The van der Waals surface area contributed by atoms with E-state index in [1.165, 1.54) is 22.1 Å². The van der Waals surface area contributed by atoms with E-state index in [0.717, 1.165) is 11.3 Å². The quantitative estimate of drug-likeness (QED) is 0.385. The summed E-state index contributed by atoms with van der Waals surface area (Å²) in [5, 5.41) is 26.5. The number of halogens is 1. The van der Waals surface area contributed by atoms with Gasteiger partial charge < -0.3 is 15.3 Å². The molecule has 2 N–H and O–H groups in total. The van der Waals surface area contributed by atoms with E-state index < -0.39 is 17.6 Å². The van der Waals surface area contributed by atoms with Gasteiger partial charge in [0.15, 0.2) is 5.60 Å². The molecule has 5 rings (SSSR count). The van der Waals surface area contributed by atoms with Crippen molar-refractivity contribution in [3.63, 3.8) is 0 Å². The number of tetrazole rings is 1. The number of benzene rings is 2. The van der Waals surface area contributed by atoms with Crippen molar-refractivity contribution in [1.82, 2.24) is 35.4 Å². The van der Waals surface area contributed by atoms with E-state index in [0.29, 0.717) is 35.5 Å². The van der Waals surface area contributed by atoms with E-state index in [9.17, 15) is 14.7 Å². The Morgan fingerprint density at radius 3 is 2.70 bits per heavy atom. The average molecular weight is 518 g/mol. The minimum atomic E-state index is -2.06. The van der Waals surface area contributed by atoms with Crippen molar-refractivity contribution < 1.29 is 14.7 Å². The lowest BCUT2D eigenvalue weighted by Gasteiger charge is -2.34. The van der Waals surface area contributed by atoms with Crippen LogP contribution >= 0.6 is 11.6 Å². The second kappa shape index (κ2) is 10.5. The monoisotopic (exact) mass is 517 g/mol. The van der Waals surface area contributed by atoms with Crippen LogP contribution in [0.5, 0.6) is 0 Å². The van der Waals surface area contributed by atoms with Crippen molar-refractivity contribution in [2.75, 3.05) is 6.54 Å². The molecule has 188 valence electrons. The fourth-order valence-corrected chi connectivity index (χ4v) is 4.84. The summed E-state index contributed by atoms with van der Waals surface area (Å²) in [5.41, 5.74) is 0.0846. The van der Waals surface area contributed by atoms with Crippen molar-refractivity contribution in [1.29, 1.82) is 0 Å². The normalized spacial score (nSPS) is 16.8. The number of nitrogens with zero attached hydrogens (tertiary/aromatic N) is 6. The summed E-state index contributed by atoms with van der Waals surface area (Å²) in [6.07, 6.45) is 5.59. The van der Waals surface area contributed by atoms with E-state index in [4.69, 9.17) is 11.6 Å². The van der Waals surface area contributed by atoms with Crippen LogP contribution in [0.3, 0.4) is 0 Å². The van der Waals surface area contributed by atoms with E-state index in [2.05, 4.69) is 25.8 Å². The van der Waals surface area contributed by atoms with E-state index in [1.807, 2.05) is 24.3 Å². The first-order valence-corrected chi connectivity index (χ1v) is 12.2. The first-order valence-electron chi connectivity index (χ1n) is 11.8. The zero-order chi connectivity index (χ0) is 25.8. The molecule has 4 aromatic rings. The van der Waals surface area contributed by atoms with E-state index in [1.54, 1.807) is 42.6 Å². The Balaban J connectivity index is 1.39. The minimum Gasteiger partial charge on any atom is -0.372 e. The van der Waals surface area contributed by atoms with Gasteiger partial charge in [-0.1, -0.05) is 48.0 Å². The molecular weight excluding hydrogens is 494 g/mol. The molecule has 2 aromatic carbocycles. The Bertz CT molecular complexity index is 1400. The molecule has 0 aliphatic carbocycles. The van der Waals surface area contributed by atoms with Crippen LogP contribution in [-0.4, -0.2) is 59.6 Å². The highest BCUT2D eigenvalue weighted by molar-refractivity contribution is 6.30. The molecule has 11 heteroatoms. The molecule has 2 aromatic heterocycles. The zero-order valence-electron chi connectivity index (χ0n) is 19.7. The Morgan fingerprint density at radius 1 is 1.11 bits per heavy atom. The summed E-state index contributed by atoms with van der Waals surface area (Å²) in [6, 6.07) is 16.5. The molecule has 1 aliphatic rings. The largest absolute Gasteiger partial charge is 0.372 e. The highest BCUT2D eigenvalue weighted by atomic mass is 35.5. The zero-order valence-corrected chi connectivity index (χ0v) is 20.5. The summed E-state index contributed by atoms with van der Waals surface area (Å²) in [6.45, 7) is 0.551. The number of aromatic nitrogens is 5. The summed E-state index contributed by atoms with van der Waals surface area (Å²) >= 11 is 6.20. The first-order chi connectivity index (χ1) is 18.0. The maximum atomic E-state index is 14.0. The molecule has 1 aliphatic heterocycles. The molecule has 10 nitrogen and oxygen atoms in total. The number of likely N-dealkylation sites (tertiary alicyclic amines) is 1. The van der Waals surface area contributed by atoms with Gasteiger partial charge in [-0.05, 0) is 58.7 Å². The Morgan fingerprint density at radius 2 is 1.95 bits per heavy atom. The van der Waals surface area contributed by atoms with Gasteiger partial charge in [0, 0.05) is 36.1 Å². The fourth-order valence-electron chi connectivity index (χ4n) is 4.65. The summed E-state index contributed by atoms with van der Waals surface area (Å²) in [7, 11) is 0. The fraction of sp³-hybridized carbons (Fsp3) is 0.231. The predicted molar refractivity (Wildman–Crippen MR) is 134 cm³/mol. The predicted octanol–water partition coefficient (Wildman–Crippen LogP) is 2.25. The van der Waals surface area contributed by atoms with Gasteiger partial charge in [0.2, 0.25) is 5.91 Å². The summed E-state index contributed by atoms with van der Waals surface area (Å²) in [4.78, 5) is 32.8. The standard InChI is InChI=1S/C26H24ClN7O3/c27-21-9-3-7-19(14-21)26(37,20-8-4-12-28-16-20)25(36)33-13-5-11-23(33)24(35)29-15-18-6-1-2-10-22(18)34-17-30-31-32-34/h1-4,6-10,12,14,16-17,23,37H,5,11,13,15H2,(H,29,35). The van der Waals surface area contributed by atoms with Gasteiger partial charge in [0.05, 0.1) is 5.69 Å².